The Balaban J connectivity index is 1.77. The van der Waals surface area contributed by atoms with Gasteiger partial charge in [-0.2, -0.15) is 0 Å². The minimum absolute atomic E-state index is 0.556. The molecule has 0 saturated carbocycles. The second-order valence-electron chi connectivity index (χ2n) is 4.84. The molecule has 1 aromatic heterocycles. The van der Waals surface area contributed by atoms with Crippen LogP contribution in [0.4, 0.5) is 0 Å². The molecule has 0 atom stereocenters. The van der Waals surface area contributed by atoms with Crippen molar-refractivity contribution in [3.63, 3.8) is 0 Å². The molecule has 1 heterocycles. The number of ether oxygens (including phenoxy) is 2. The fraction of sp³-hybridized carbons (Fsp3) is 0.235. The van der Waals surface area contributed by atoms with Gasteiger partial charge in [0.1, 0.15) is 25.5 Å². The van der Waals surface area contributed by atoms with Crippen LogP contribution in [0.3, 0.4) is 0 Å². The molecule has 4 heteroatoms. The number of methoxy groups -OCH3 is 1. The van der Waals surface area contributed by atoms with Gasteiger partial charge in [0.2, 0.25) is 0 Å². The number of para-hydroxylation sites is 3. The van der Waals surface area contributed by atoms with Crippen LogP contribution in [0, 0.1) is 0 Å². The number of H-pyrrole nitrogens is 1. The molecule has 0 fully saturated rings. The van der Waals surface area contributed by atoms with Crippen molar-refractivity contribution in [3.05, 3.63) is 60.4 Å². The Hall–Kier alpha value is -2.33. The lowest BCUT2D eigenvalue weighted by molar-refractivity contribution is -0.681. The van der Waals surface area contributed by atoms with Crippen molar-refractivity contribution in [2.75, 3.05) is 13.7 Å². The van der Waals surface area contributed by atoms with Crippen molar-refractivity contribution in [1.29, 1.82) is 0 Å². The first-order chi connectivity index (χ1) is 10.4. The standard InChI is InChI=1S/C17H18N2O2/c1-20-13-17-18-15-9-5-6-10-16(15)19(17)11-12-21-14-7-3-2-4-8-14/h2-10H,11-13H2,1H3/p+1. The third-order valence-electron chi connectivity index (χ3n) is 3.41. The highest BCUT2D eigenvalue weighted by Gasteiger charge is 2.17. The Morgan fingerprint density at radius 1 is 1.00 bits per heavy atom. The van der Waals surface area contributed by atoms with Crippen LogP contribution in [-0.4, -0.2) is 18.7 Å². The molecule has 3 rings (SSSR count). The van der Waals surface area contributed by atoms with Gasteiger partial charge in [0.05, 0.1) is 0 Å². The Morgan fingerprint density at radius 2 is 1.76 bits per heavy atom. The van der Waals surface area contributed by atoms with Crippen molar-refractivity contribution in [2.45, 2.75) is 13.2 Å². The molecule has 2 aromatic carbocycles. The summed E-state index contributed by atoms with van der Waals surface area (Å²) in [5.74, 6) is 1.95. The van der Waals surface area contributed by atoms with Crippen LogP contribution in [0.1, 0.15) is 5.82 Å². The van der Waals surface area contributed by atoms with Crippen molar-refractivity contribution in [3.8, 4) is 5.75 Å². The summed E-state index contributed by atoms with van der Waals surface area (Å²) in [5, 5.41) is 0. The molecule has 4 nitrogen and oxygen atoms in total. The van der Waals surface area contributed by atoms with E-state index in [0.717, 1.165) is 23.6 Å². The molecule has 0 spiro atoms. The summed E-state index contributed by atoms with van der Waals surface area (Å²) in [6, 6.07) is 18.1. The maximum Gasteiger partial charge on any atom is 0.281 e. The third-order valence-corrected chi connectivity index (χ3v) is 3.41. The van der Waals surface area contributed by atoms with Gasteiger partial charge in [-0.25, -0.2) is 9.55 Å². The topological polar surface area (TPSA) is 38.1 Å². The van der Waals surface area contributed by atoms with Gasteiger partial charge in [-0.3, -0.25) is 0 Å². The van der Waals surface area contributed by atoms with Crippen LogP contribution in [0.15, 0.2) is 54.6 Å². The van der Waals surface area contributed by atoms with E-state index in [4.69, 9.17) is 9.47 Å². The van der Waals surface area contributed by atoms with Crippen LogP contribution < -0.4 is 9.30 Å². The highest BCUT2D eigenvalue weighted by Crippen LogP contribution is 2.11. The monoisotopic (exact) mass is 283 g/mol. The number of hydrogen-bond donors (Lipinski definition) is 1. The van der Waals surface area contributed by atoms with E-state index in [1.54, 1.807) is 7.11 Å². The van der Waals surface area contributed by atoms with E-state index in [2.05, 4.69) is 21.7 Å². The molecule has 108 valence electrons. The Bertz CT molecular complexity index is 707. The van der Waals surface area contributed by atoms with Gasteiger partial charge >= 0.3 is 0 Å². The Kier molecular flexibility index (Phi) is 4.17. The quantitative estimate of drug-likeness (QED) is 0.706. The lowest BCUT2D eigenvalue weighted by atomic mass is 10.3. The minimum atomic E-state index is 0.556. The predicted octanol–water partition coefficient (Wildman–Crippen LogP) is 2.68. The normalized spacial score (nSPS) is 10.9. The maximum absolute atomic E-state index is 5.79. The second kappa shape index (κ2) is 6.41. The molecule has 0 saturated heterocycles. The van der Waals surface area contributed by atoms with Crippen LogP contribution in [0.2, 0.25) is 0 Å². The zero-order valence-electron chi connectivity index (χ0n) is 12.1. The number of benzene rings is 2. The van der Waals surface area contributed by atoms with Gasteiger partial charge in [-0.05, 0) is 24.3 Å². The summed E-state index contributed by atoms with van der Waals surface area (Å²) in [4.78, 5) is 3.40. The fourth-order valence-electron chi connectivity index (χ4n) is 2.46. The number of nitrogens with zero attached hydrogens (tertiary/aromatic N) is 1. The summed E-state index contributed by atoms with van der Waals surface area (Å²) in [6.45, 7) is 1.95. The molecule has 0 aliphatic carbocycles. The lowest BCUT2D eigenvalue weighted by Crippen LogP contribution is -2.40. The minimum Gasteiger partial charge on any atom is -0.489 e. The molecule has 0 aliphatic heterocycles. The van der Waals surface area contributed by atoms with Gasteiger partial charge in [0.15, 0.2) is 11.0 Å². The van der Waals surface area contributed by atoms with Crippen LogP contribution >= 0.6 is 0 Å². The van der Waals surface area contributed by atoms with Gasteiger partial charge in [-0.15, -0.1) is 0 Å². The average molecular weight is 283 g/mol. The molecular formula is C17H19N2O2+. The lowest BCUT2D eigenvalue weighted by Gasteiger charge is -2.05. The average Bonchev–Trinajstić information content (AvgIpc) is 2.87. The molecule has 3 aromatic rings. The maximum atomic E-state index is 5.79. The SMILES string of the molecule is COCc1[nH]c2ccccc2[n+]1CCOc1ccccc1. The smallest absolute Gasteiger partial charge is 0.281 e. The summed E-state index contributed by atoms with van der Waals surface area (Å²) in [7, 11) is 1.70. The van der Waals surface area contributed by atoms with E-state index in [9.17, 15) is 0 Å². The highest BCUT2D eigenvalue weighted by molar-refractivity contribution is 5.70. The van der Waals surface area contributed by atoms with E-state index < -0.39 is 0 Å². The molecule has 0 bridgehead atoms. The first-order valence-corrected chi connectivity index (χ1v) is 7.04. The van der Waals surface area contributed by atoms with Crippen molar-refractivity contribution < 1.29 is 14.0 Å². The van der Waals surface area contributed by atoms with Gasteiger partial charge in [0, 0.05) is 7.11 Å². The van der Waals surface area contributed by atoms with E-state index in [1.165, 1.54) is 5.52 Å². The van der Waals surface area contributed by atoms with E-state index in [1.807, 2.05) is 42.5 Å². The highest BCUT2D eigenvalue weighted by atomic mass is 16.5. The summed E-state index contributed by atoms with van der Waals surface area (Å²) in [5.41, 5.74) is 2.28. The molecule has 0 unspecified atom stereocenters. The fourth-order valence-corrected chi connectivity index (χ4v) is 2.46. The number of aromatic amines is 1. The molecule has 1 N–H and O–H groups in total. The molecule has 0 aliphatic rings. The number of imidazole rings is 1. The zero-order chi connectivity index (χ0) is 14.5. The number of aromatic nitrogens is 2. The van der Waals surface area contributed by atoms with Crippen molar-refractivity contribution in [1.82, 2.24) is 4.98 Å². The molecule has 0 radical (unpaired) electrons. The summed E-state index contributed by atoms with van der Waals surface area (Å²) < 4.78 is 13.3. The number of hydrogen-bond acceptors (Lipinski definition) is 2. The summed E-state index contributed by atoms with van der Waals surface area (Å²) in [6.07, 6.45) is 0. The van der Waals surface area contributed by atoms with Crippen molar-refractivity contribution in [2.24, 2.45) is 0 Å². The molecule has 0 amide bonds. The summed E-state index contributed by atoms with van der Waals surface area (Å²) >= 11 is 0. The van der Waals surface area contributed by atoms with Crippen molar-refractivity contribution >= 4 is 11.0 Å². The second-order valence-corrected chi connectivity index (χ2v) is 4.84. The first-order valence-electron chi connectivity index (χ1n) is 7.04. The van der Waals surface area contributed by atoms with Gasteiger partial charge in [0.25, 0.3) is 5.82 Å². The van der Waals surface area contributed by atoms with Crippen LogP contribution in [0.5, 0.6) is 5.75 Å². The Morgan fingerprint density at radius 3 is 2.57 bits per heavy atom. The van der Waals surface area contributed by atoms with Gasteiger partial charge in [-0.1, -0.05) is 30.3 Å². The molecular weight excluding hydrogens is 264 g/mol. The Labute approximate surface area is 123 Å². The predicted molar refractivity (Wildman–Crippen MR) is 81.1 cm³/mol. The third kappa shape index (κ3) is 3.06. The zero-order valence-corrected chi connectivity index (χ0v) is 12.1. The van der Waals surface area contributed by atoms with Crippen LogP contribution in [-0.2, 0) is 17.9 Å². The van der Waals surface area contributed by atoms with E-state index >= 15 is 0 Å². The number of nitrogens with one attached hydrogen (secondary N) is 1. The number of rotatable bonds is 6. The van der Waals surface area contributed by atoms with Gasteiger partial charge < -0.3 is 9.47 Å². The molecule has 21 heavy (non-hydrogen) atoms. The van der Waals surface area contributed by atoms with E-state index in [-0.39, 0.29) is 0 Å². The first kappa shape index (κ1) is 13.6. The van der Waals surface area contributed by atoms with Crippen LogP contribution in [0.25, 0.3) is 11.0 Å². The number of fused-ring (bicyclic) bond motifs is 1. The van der Waals surface area contributed by atoms with E-state index in [0.29, 0.717) is 13.2 Å². The largest absolute Gasteiger partial charge is 0.489 e.